The van der Waals surface area contributed by atoms with Gasteiger partial charge < -0.3 is 15.3 Å². The molecule has 20 heavy (non-hydrogen) atoms. The van der Waals surface area contributed by atoms with Gasteiger partial charge in [0.15, 0.2) is 0 Å². The Morgan fingerprint density at radius 2 is 1.30 bits per heavy atom. The summed E-state index contributed by atoms with van der Waals surface area (Å²) in [6, 6.07) is 0. The Morgan fingerprint density at radius 3 is 1.65 bits per heavy atom. The van der Waals surface area contributed by atoms with Crippen molar-refractivity contribution in [3.63, 3.8) is 0 Å². The van der Waals surface area contributed by atoms with Gasteiger partial charge in [0.25, 0.3) is 0 Å². The Hall–Kier alpha value is -1.59. The van der Waals surface area contributed by atoms with Gasteiger partial charge in [0.1, 0.15) is 0 Å². The van der Waals surface area contributed by atoms with Crippen LogP contribution in [0.15, 0.2) is 0 Å². The molecule has 0 aromatic rings. The van der Waals surface area contributed by atoms with Crippen LogP contribution in [0, 0.1) is 28.1 Å². The van der Waals surface area contributed by atoms with Crippen molar-refractivity contribution in [2.24, 2.45) is 28.1 Å². The lowest BCUT2D eigenvalue weighted by atomic mass is 9.36. The van der Waals surface area contributed by atoms with Crippen LogP contribution in [0.1, 0.15) is 39.0 Å². The first-order valence-electron chi connectivity index (χ1n) is 6.89. The molecule has 6 nitrogen and oxygen atoms in total. The standard InChI is InChI=1S/C14H18O6/c1-7-13(10(17)18)3-8-2-12(5-13,9(15)16)6-14(7,4-8)11(19)20/h7-8H,2-6H2,1H3,(H,15,16)(H,17,18)(H,19,20). The molecule has 6 heteroatoms. The molecular formula is C14H18O6. The lowest BCUT2D eigenvalue weighted by Crippen LogP contribution is -2.67. The largest absolute Gasteiger partial charge is 0.481 e. The summed E-state index contributed by atoms with van der Waals surface area (Å²) in [5, 5.41) is 28.9. The van der Waals surface area contributed by atoms with Crippen molar-refractivity contribution in [1.29, 1.82) is 0 Å². The van der Waals surface area contributed by atoms with Crippen molar-refractivity contribution in [1.82, 2.24) is 0 Å². The molecular weight excluding hydrogens is 264 g/mol. The highest BCUT2D eigenvalue weighted by Crippen LogP contribution is 2.72. The maximum Gasteiger partial charge on any atom is 0.309 e. The van der Waals surface area contributed by atoms with Gasteiger partial charge in [-0.25, -0.2) is 0 Å². The highest BCUT2D eigenvalue weighted by molar-refractivity contribution is 5.86. The third kappa shape index (κ3) is 1.27. The van der Waals surface area contributed by atoms with Crippen LogP contribution < -0.4 is 0 Å². The van der Waals surface area contributed by atoms with E-state index < -0.39 is 40.1 Å². The van der Waals surface area contributed by atoms with E-state index in [0.29, 0.717) is 19.3 Å². The molecule has 0 amide bonds. The average Bonchev–Trinajstić information content (AvgIpc) is 2.34. The molecule has 4 aliphatic rings. The highest BCUT2D eigenvalue weighted by atomic mass is 16.4. The third-order valence-electron chi connectivity index (χ3n) is 6.26. The topological polar surface area (TPSA) is 112 Å². The zero-order valence-electron chi connectivity index (χ0n) is 11.3. The van der Waals surface area contributed by atoms with E-state index in [1.54, 1.807) is 6.92 Å². The molecule has 0 heterocycles. The van der Waals surface area contributed by atoms with Gasteiger partial charge in [-0.2, -0.15) is 0 Å². The molecule has 0 radical (unpaired) electrons. The van der Waals surface area contributed by atoms with Gasteiger partial charge in [0.05, 0.1) is 16.2 Å². The van der Waals surface area contributed by atoms with Crippen LogP contribution in [-0.2, 0) is 14.4 Å². The van der Waals surface area contributed by atoms with E-state index in [2.05, 4.69) is 0 Å². The first-order chi connectivity index (χ1) is 9.18. The summed E-state index contributed by atoms with van der Waals surface area (Å²) >= 11 is 0. The zero-order chi connectivity index (χ0) is 14.9. The van der Waals surface area contributed by atoms with Gasteiger partial charge in [-0.3, -0.25) is 14.4 Å². The Bertz CT molecular complexity index is 492. The Labute approximate surface area is 115 Å². The summed E-state index contributed by atoms with van der Waals surface area (Å²) in [4.78, 5) is 35.3. The van der Waals surface area contributed by atoms with Crippen LogP contribution in [0.4, 0.5) is 0 Å². The van der Waals surface area contributed by atoms with Crippen molar-refractivity contribution >= 4 is 17.9 Å². The molecule has 4 bridgehead atoms. The van der Waals surface area contributed by atoms with Crippen LogP contribution >= 0.6 is 0 Å². The number of aliphatic carboxylic acids is 3. The number of hydrogen-bond acceptors (Lipinski definition) is 3. The normalized spacial score (nSPS) is 49.0. The molecule has 4 fully saturated rings. The number of rotatable bonds is 3. The number of carbonyl (C=O) groups is 3. The third-order valence-corrected chi connectivity index (χ3v) is 6.26. The van der Waals surface area contributed by atoms with Crippen LogP contribution in [0.3, 0.4) is 0 Å². The molecule has 2 unspecified atom stereocenters. The van der Waals surface area contributed by atoms with Crippen molar-refractivity contribution in [3.8, 4) is 0 Å². The molecule has 0 spiro atoms. The molecule has 2 atom stereocenters. The van der Waals surface area contributed by atoms with Gasteiger partial charge in [-0.15, -0.1) is 0 Å². The van der Waals surface area contributed by atoms with Gasteiger partial charge in [0, 0.05) is 0 Å². The average molecular weight is 282 g/mol. The second-order valence-corrected chi connectivity index (χ2v) is 7.06. The molecule has 3 N–H and O–H groups in total. The van der Waals surface area contributed by atoms with Crippen molar-refractivity contribution < 1.29 is 29.7 Å². The van der Waals surface area contributed by atoms with E-state index in [0.717, 1.165) is 0 Å². The smallest absolute Gasteiger partial charge is 0.309 e. The number of carboxylic acids is 3. The van der Waals surface area contributed by atoms with E-state index in [-0.39, 0.29) is 18.8 Å². The minimum Gasteiger partial charge on any atom is -0.481 e. The fourth-order valence-corrected chi connectivity index (χ4v) is 5.48. The minimum absolute atomic E-state index is 0.0668. The van der Waals surface area contributed by atoms with Crippen molar-refractivity contribution in [2.75, 3.05) is 0 Å². The molecule has 0 aliphatic heterocycles. The SMILES string of the molecule is CC1C2(C(=O)O)CC3CC(C(=O)O)(C2)CC1(C(=O)O)C3. The van der Waals surface area contributed by atoms with E-state index in [4.69, 9.17) is 0 Å². The fraction of sp³-hybridized carbons (Fsp3) is 0.786. The maximum atomic E-state index is 11.8. The van der Waals surface area contributed by atoms with E-state index in [1.807, 2.05) is 0 Å². The monoisotopic (exact) mass is 282 g/mol. The molecule has 4 aliphatic carbocycles. The predicted octanol–water partition coefficient (Wildman–Crippen LogP) is 1.44. The molecule has 4 saturated carbocycles. The first-order valence-corrected chi connectivity index (χ1v) is 6.89. The lowest BCUT2D eigenvalue weighted by Gasteiger charge is -2.65. The van der Waals surface area contributed by atoms with E-state index in [1.165, 1.54) is 0 Å². The zero-order valence-corrected chi connectivity index (χ0v) is 11.3. The second-order valence-electron chi connectivity index (χ2n) is 7.06. The number of hydrogen-bond donors (Lipinski definition) is 3. The van der Waals surface area contributed by atoms with Crippen molar-refractivity contribution in [3.05, 3.63) is 0 Å². The van der Waals surface area contributed by atoms with Gasteiger partial charge in [-0.1, -0.05) is 6.92 Å². The van der Waals surface area contributed by atoms with Crippen LogP contribution in [0.5, 0.6) is 0 Å². The van der Waals surface area contributed by atoms with Gasteiger partial charge in [0.2, 0.25) is 0 Å². The maximum absolute atomic E-state index is 11.8. The summed E-state index contributed by atoms with van der Waals surface area (Å²) in [6.07, 6.45) is 1.37. The summed E-state index contributed by atoms with van der Waals surface area (Å²) in [5.41, 5.74) is -3.57. The van der Waals surface area contributed by atoms with Crippen LogP contribution in [-0.4, -0.2) is 33.2 Å². The lowest BCUT2D eigenvalue weighted by molar-refractivity contribution is -0.226. The van der Waals surface area contributed by atoms with E-state index >= 15 is 0 Å². The molecule has 0 aromatic carbocycles. The summed E-state index contributed by atoms with van der Waals surface area (Å²) in [6.45, 7) is 1.68. The fourth-order valence-electron chi connectivity index (χ4n) is 5.48. The number of carboxylic acid groups (broad SMARTS) is 3. The van der Waals surface area contributed by atoms with Crippen LogP contribution in [0.25, 0.3) is 0 Å². The minimum atomic E-state index is -1.20. The molecule has 0 saturated heterocycles. The summed E-state index contributed by atoms with van der Waals surface area (Å²) in [5.74, 6) is -3.76. The Kier molecular flexibility index (Phi) is 2.37. The quantitative estimate of drug-likeness (QED) is 0.722. The highest BCUT2D eigenvalue weighted by Gasteiger charge is 2.73. The second kappa shape index (κ2) is 3.54. The van der Waals surface area contributed by atoms with Gasteiger partial charge >= 0.3 is 17.9 Å². The molecule has 110 valence electrons. The van der Waals surface area contributed by atoms with E-state index in [9.17, 15) is 29.7 Å². The predicted molar refractivity (Wildman–Crippen MR) is 65.9 cm³/mol. The Morgan fingerprint density at radius 1 is 0.850 bits per heavy atom. The Balaban J connectivity index is 2.20. The molecule has 4 rings (SSSR count). The summed E-state index contributed by atoms with van der Waals surface area (Å²) < 4.78 is 0. The first kappa shape index (κ1) is 13.4. The van der Waals surface area contributed by atoms with Gasteiger partial charge in [-0.05, 0) is 43.9 Å². The molecule has 0 aromatic heterocycles. The van der Waals surface area contributed by atoms with Crippen molar-refractivity contribution in [2.45, 2.75) is 39.0 Å². The van der Waals surface area contributed by atoms with Crippen LogP contribution in [0.2, 0.25) is 0 Å². The summed E-state index contributed by atoms with van der Waals surface area (Å²) in [7, 11) is 0.